The number of ether oxygens (including phenoxy) is 2. The number of quaternary nitrogens is 1. The van der Waals surface area contributed by atoms with E-state index in [0.29, 0.717) is 0 Å². The van der Waals surface area contributed by atoms with Crippen LogP contribution in [-0.2, 0) is 9.47 Å². The van der Waals surface area contributed by atoms with E-state index >= 15 is 0 Å². The molecule has 0 aromatic rings. The summed E-state index contributed by atoms with van der Waals surface area (Å²) in [6.07, 6.45) is -0.657. The lowest BCUT2D eigenvalue weighted by Crippen LogP contribution is -2.27. The van der Waals surface area contributed by atoms with Gasteiger partial charge in [0.1, 0.15) is 0 Å². The molecule has 0 atom stereocenters. The van der Waals surface area contributed by atoms with E-state index in [2.05, 4.69) is 37.7 Å². The number of carbonyl (C=O) groups is 1. The van der Waals surface area contributed by atoms with E-state index in [1.54, 1.807) is 0 Å². The van der Waals surface area contributed by atoms with E-state index in [1.165, 1.54) is 14.2 Å². The molecule has 0 aromatic carbocycles. The van der Waals surface area contributed by atoms with E-state index in [4.69, 9.17) is 0 Å². The van der Waals surface area contributed by atoms with Crippen LogP contribution in [0.3, 0.4) is 0 Å². The predicted octanol–water partition coefficient (Wildman–Crippen LogP) is 0.722. The fourth-order valence-electron chi connectivity index (χ4n) is 0.0833. The maximum atomic E-state index is 9.74. The molecule has 0 aliphatic rings. The van der Waals surface area contributed by atoms with Crippen LogP contribution in [0, 0.1) is 0 Å². The second kappa shape index (κ2) is 5.97. The van der Waals surface area contributed by atoms with E-state index in [0.717, 1.165) is 4.48 Å². The SMILES string of the molecule is COC(=O)OC.C[N+](C)(C)C. The van der Waals surface area contributed by atoms with Crippen LogP contribution in [0.2, 0.25) is 0 Å². The van der Waals surface area contributed by atoms with Crippen LogP contribution < -0.4 is 0 Å². The van der Waals surface area contributed by atoms with Gasteiger partial charge in [-0.15, -0.1) is 0 Å². The Bertz CT molecular complexity index is 94.7. The van der Waals surface area contributed by atoms with E-state index < -0.39 is 6.16 Å². The summed E-state index contributed by atoms with van der Waals surface area (Å²) < 4.78 is 9.08. The molecule has 0 heterocycles. The van der Waals surface area contributed by atoms with Crippen molar-refractivity contribution in [2.45, 2.75) is 0 Å². The predicted molar refractivity (Wildman–Crippen MR) is 43.4 cm³/mol. The van der Waals surface area contributed by atoms with Crippen LogP contribution in [0.15, 0.2) is 0 Å². The minimum absolute atomic E-state index is 0.657. The number of rotatable bonds is 0. The van der Waals surface area contributed by atoms with Crippen LogP contribution >= 0.6 is 0 Å². The number of carbonyl (C=O) groups excluding carboxylic acids is 1. The topological polar surface area (TPSA) is 35.5 Å². The van der Waals surface area contributed by atoms with Gasteiger partial charge in [-0.25, -0.2) is 4.79 Å². The third-order valence-corrected chi connectivity index (χ3v) is 0.333. The standard InChI is InChI=1S/C4H12N.C3H6O3/c1-5(2,3)4;1-5-3(4)6-2/h1-4H3;1-2H3/q+1;. The molecule has 0 aromatic heterocycles. The highest BCUT2D eigenvalue weighted by Gasteiger charge is 1.89. The van der Waals surface area contributed by atoms with Crippen molar-refractivity contribution in [1.82, 2.24) is 0 Å². The molecule has 11 heavy (non-hydrogen) atoms. The number of methoxy groups -OCH3 is 2. The molecule has 0 bridgehead atoms. The van der Waals surface area contributed by atoms with Crippen molar-refractivity contribution in [3.05, 3.63) is 0 Å². The van der Waals surface area contributed by atoms with Gasteiger partial charge in [-0.2, -0.15) is 0 Å². The summed E-state index contributed by atoms with van der Waals surface area (Å²) in [6, 6.07) is 0. The number of hydrogen-bond acceptors (Lipinski definition) is 3. The average molecular weight is 164 g/mol. The Morgan fingerprint density at radius 2 is 1.18 bits per heavy atom. The molecule has 0 saturated heterocycles. The molecule has 4 heteroatoms. The fraction of sp³-hybridized carbons (Fsp3) is 0.857. The highest BCUT2D eigenvalue weighted by Crippen LogP contribution is 1.73. The van der Waals surface area contributed by atoms with E-state index in [9.17, 15) is 4.79 Å². The first-order valence-corrected chi connectivity index (χ1v) is 3.22. The van der Waals surface area contributed by atoms with Crippen molar-refractivity contribution < 1.29 is 18.8 Å². The minimum Gasteiger partial charge on any atom is -0.438 e. The summed E-state index contributed by atoms with van der Waals surface area (Å²) in [5.41, 5.74) is 0. The quantitative estimate of drug-likeness (QED) is 0.391. The molecule has 0 unspecified atom stereocenters. The second-order valence-electron chi connectivity index (χ2n) is 3.34. The summed E-state index contributed by atoms with van der Waals surface area (Å²) in [5.74, 6) is 0. The van der Waals surface area contributed by atoms with Gasteiger partial charge in [0, 0.05) is 0 Å². The van der Waals surface area contributed by atoms with Crippen molar-refractivity contribution in [3.8, 4) is 0 Å². The van der Waals surface area contributed by atoms with Gasteiger partial charge in [-0.05, 0) is 0 Å². The van der Waals surface area contributed by atoms with Gasteiger partial charge in [-0.3, -0.25) is 0 Å². The molecular weight excluding hydrogens is 146 g/mol. The molecule has 0 saturated carbocycles. The lowest BCUT2D eigenvalue weighted by molar-refractivity contribution is -0.849. The van der Waals surface area contributed by atoms with Crippen molar-refractivity contribution >= 4 is 6.16 Å². The molecule has 0 spiro atoms. The second-order valence-corrected chi connectivity index (χ2v) is 3.34. The Kier molecular flexibility index (Phi) is 6.99. The summed E-state index contributed by atoms with van der Waals surface area (Å²) in [6.45, 7) is 0. The lowest BCUT2D eigenvalue weighted by Gasteiger charge is -2.14. The molecule has 0 fully saturated rings. The van der Waals surface area contributed by atoms with E-state index in [-0.39, 0.29) is 0 Å². The fourth-order valence-corrected chi connectivity index (χ4v) is 0.0833. The van der Waals surface area contributed by atoms with Crippen molar-refractivity contribution in [3.63, 3.8) is 0 Å². The van der Waals surface area contributed by atoms with Crippen molar-refractivity contribution in [1.29, 1.82) is 0 Å². The Morgan fingerprint density at radius 1 is 1.00 bits per heavy atom. The minimum atomic E-state index is -0.657. The van der Waals surface area contributed by atoms with Crippen LogP contribution in [-0.4, -0.2) is 53.0 Å². The Labute approximate surface area is 68.3 Å². The zero-order chi connectivity index (χ0) is 9.49. The molecule has 0 aliphatic carbocycles. The van der Waals surface area contributed by atoms with Gasteiger partial charge in [0.05, 0.1) is 42.4 Å². The third kappa shape index (κ3) is 46.2. The van der Waals surface area contributed by atoms with Gasteiger partial charge in [0.2, 0.25) is 0 Å². The lowest BCUT2D eigenvalue weighted by atomic mass is 10.8. The summed E-state index contributed by atoms with van der Waals surface area (Å²) in [7, 11) is 11.0. The zero-order valence-corrected chi connectivity index (χ0v) is 8.17. The monoisotopic (exact) mass is 164 g/mol. The molecule has 0 radical (unpaired) electrons. The smallest absolute Gasteiger partial charge is 0.438 e. The van der Waals surface area contributed by atoms with Crippen LogP contribution in [0.4, 0.5) is 4.79 Å². The van der Waals surface area contributed by atoms with Gasteiger partial charge >= 0.3 is 6.16 Å². The summed E-state index contributed by atoms with van der Waals surface area (Å²) >= 11 is 0. The Morgan fingerprint density at radius 3 is 1.18 bits per heavy atom. The highest BCUT2D eigenvalue weighted by molar-refractivity contribution is 5.59. The van der Waals surface area contributed by atoms with Gasteiger partial charge < -0.3 is 14.0 Å². The van der Waals surface area contributed by atoms with Crippen molar-refractivity contribution in [2.24, 2.45) is 0 Å². The first-order chi connectivity index (χ1) is 4.81. The zero-order valence-electron chi connectivity index (χ0n) is 8.17. The molecule has 0 rings (SSSR count). The normalized spacial score (nSPS) is 9.27. The Balaban J connectivity index is 0. The van der Waals surface area contributed by atoms with Gasteiger partial charge in [-0.1, -0.05) is 0 Å². The largest absolute Gasteiger partial charge is 0.507 e. The van der Waals surface area contributed by atoms with Crippen LogP contribution in [0.25, 0.3) is 0 Å². The maximum absolute atomic E-state index is 9.74. The molecule has 0 aliphatic heterocycles. The first-order valence-electron chi connectivity index (χ1n) is 3.22. The molecule has 0 amide bonds. The highest BCUT2D eigenvalue weighted by atomic mass is 16.7. The molecule has 4 nitrogen and oxygen atoms in total. The summed E-state index contributed by atoms with van der Waals surface area (Å²) in [5, 5.41) is 0. The molecule has 68 valence electrons. The van der Waals surface area contributed by atoms with Crippen molar-refractivity contribution in [2.75, 3.05) is 42.4 Å². The van der Waals surface area contributed by atoms with E-state index in [1.807, 2.05) is 0 Å². The Hall–Kier alpha value is -0.770. The number of hydrogen-bond donors (Lipinski definition) is 0. The van der Waals surface area contributed by atoms with Crippen LogP contribution in [0.5, 0.6) is 0 Å². The summed E-state index contributed by atoms with van der Waals surface area (Å²) in [4.78, 5) is 9.74. The molecule has 0 N–H and O–H groups in total. The van der Waals surface area contributed by atoms with Crippen LogP contribution in [0.1, 0.15) is 0 Å². The molecular formula is C7H18NO3+. The maximum Gasteiger partial charge on any atom is 0.507 e. The first kappa shape index (κ1) is 12.9. The number of nitrogens with zero attached hydrogens (tertiary/aromatic N) is 1. The average Bonchev–Trinajstić information content (AvgIpc) is 1.83. The third-order valence-electron chi connectivity index (χ3n) is 0.333. The van der Waals surface area contributed by atoms with Gasteiger partial charge in [0.25, 0.3) is 0 Å². The van der Waals surface area contributed by atoms with Gasteiger partial charge in [0.15, 0.2) is 0 Å².